The van der Waals surface area contributed by atoms with Gasteiger partial charge in [-0.15, -0.1) is 0 Å². The predicted molar refractivity (Wildman–Crippen MR) is 107 cm³/mol. The number of nitrogens with one attached hydrogen (secondary N) is 2. The van der Waals surface area contributed by atoms with Crippen LogP contribution in [-0.2, 0) is 4.74 Å². The molecule has 0 aliphatic rings. The summed E-state index contributed by atoms with van der Waals surface area (Å²) in [7, 11) is 1.69. The number of aromatic nitrogens is 2. The Balaban J connectivity index is 1.95. The van der Waals surface area contributed by atoms with Gasteiger partial charge in [0.15, 0.2) is 0 Å². The number of benzene rings is 2. The lowest BCUT2D eigenvalue weighted by molar-refractivity contribution is 0.210. The number of nitrogens with zero attached hydrogens (tertiary/aromatic N) is 2. The topological polar surface area (TPSA) is 59.1 Å². The van der Waals surface area contributed by atoms with Gasteiger partial charge in [0, 0.05) is 31.0 Å². The molecule has 2 N–H and O–H groups in total. The molecule has 0 bridgehead atoms. The minimum Gasteiger partial charge on any atom is -0.383 e. The van der Waals surface area contributed by atoms with Crippen molar-refractivity contribution in [3.05, 3.63) is 65.7 Å². The fourth-order valence-corrected chi connectivity index (χ4v) is 2.62. The second-order valence-electron chi connectivity index (χ2n) is 6.19. The Morgan fingerprint density at radius 3 is 2.54 bits per heavy atom. The highest BCUT2D eigenvalue weighted by Crippen LogP contribution is 2.24. The first-order valence-corrected chi connectivity index (χ1v) is 8.67. The van der Waals surface area contributed by atoms with Crippen LogP contribution < -0.4 is 10.6 Å². The first kappa shape index (κ1) is 17.9. The summed E-state index contributed by atoms with van der Waals surface area (Å²) in [5, 5.41) is 6.65. The average Bonchev–Trinajstić information content (AvgIpc) is 2.65. The van der Waals surface area contributed by atoms with Crippen LogP contribution >= 0.6 is 0 Å². The van der Waals surface area contributed by atoms with Crippen molar-refractivity contribution in [2.75, 3.05) is 30.9 Å². The van der Waals surface area contributed by atoms with Gasteiger partial charge >= 0.3 is 0 Å². The Labute approximate surface area is 154 Å². The Bertz CT molecular complexity index is 865. The third kappa shape index (κ3) is 4.58. The number of hydrogen-bond acceptors (Lipinski definition) is 5. The summed E-state index contributed by atoms with van der Waals surface area (Å²) in [6.45, 7) is 5.44. The van der Waals surface area contributed by atoms with Crippen molar-refractivity contribution < 1.29 is 4.74 Å². The van der Waals surface area contributed by atoms with E-state index in [0.29, 0.717) is 19.1 Å². The van der Waals surface area contributed by atoms with Gasteiger partial charge in [0.1, 0.15) is 5.82 Å². The van der Waals surface area contributed by atoms with Gasteiger partial charge in [-0.25, -0.2) is 4.98 Å². The summed E-state index contributed by atoms with van der Waals surface area (Å²) in [4.78, 5) is 9.31. The molecule has 0 spiro atoms. The van der Waals surface area contributed by atoms with E-state index in [-0.39, 0.29) is 0 Å². The molecule has 134 valence electrons. The molecule has 0 aliphatic heterocycles. The Morgan fingerprint density at radius 1 is 0.962 bits per heavy atom. The molecule has 2 aromatic carbocycles. The van der Waals surface area contributed by atoms with Crippen LogP contribution in [0, 0.1) is 13.8 Å². The normalized spacial score (nSPS) is 10.6. The van der Waals surface area contributed by atoms with Crippen molar-refractivity contribution in [3.63, 3.8) is 0 Å². The zero-order valence-corrected chi connectivity index (χ0v) is 15.4. The average molecular weight is 348 g/mol. The standard InChI is InChI=1S/C21H24N4O/c1-15-9-10-16(2)18(13-15)23-21-24-19(17-7-5-4-6-8-17)14-20(25-21)22-11-12-26-3/h4-10,13-14H,11-12H2,1-3H3,(H2,22,23,24,25). The molecule has 1 aromatic heterocycles. The van der Waals surface area contributed by atoms with Gasteiger partial charge in [0.25, 0.3) is 0 Å². The molecule has 0 fully saturated rings. The van der Waals surface area contributed by atoms with Crippen LogP contribution in [0.3, 0.4) is 0 Å². The fourth-order valence-electron chi connectivity index (χ4n) is 2.62. The molecule has 0 aliphatic carbocycles. The van der Waals surface area contributed by atoms with Crippen molar-refractivity contribution in [2.45, 2.75) is 13.8 Å². The van der Waals surface area contributed by atoms with Crippen molar-refractivity contribution in [1.82, 2.24) is 9.97 Å². The first-order chi connectivity index (χ1) is 12.7. The van der Waals surface area contributed by atoms with Crippen LogP contribution in [0.5, 0.6) is 0 Å². The first-order valence-electron chi connectivity index (χ1n) is 8.67. The van der Waals surface area contributed by atoms with Gasteiger partial charge in [-0.1, -0.05) is 42.5 Å². The molecule has 0 saturated heterocycles. The summed E-state index contributed by atoms with van der Waals surface area (Å²) in [6.07, 6.45) is 0. The van der Waals surface area contributed by atoms with Crippen molar-refractivity contribution in [3.8, 4) is 11.3 Å². The van der Waals surface area contributed by atoms with Crippen LogP contribution in [0.2, 0.25) is 0 Å². The van der Waals surface area contributed by atoms with Crippen LogP contribution in [0.15, 0.2) is 54.6 Å². The zero-order chi connectivity index (χ0) is 18.4. The summed E-state index contributed by atoms with van der Waals surface area (Å²) in [5.74, 6) is 1.34. The van der Waals surface area contributed by atoms with Gasteiger partial charge in [0.05, 0.1) is 12.3 Å². The van der Waals surface area contributed by atoms with Gasteiger partial charge in [-0.05, 0) is 31.0 Å². The monoisotopic (exact) mass is 348 g/mol. The van der Waals surface area contributed by atoms with E-state index in [9.17, 15) is 0 Å². The highest BCUT2D eigenvalue weighted by Gasteiger charge is 2.08. The van der Waals surface area contributed by atoms with E-state index in [2.05, 4.69) is 47.7 Å². The Morgan fingerprint density at radius 2 is 1.77 bits per heavy atom. The molecule has 26 heavy (non-hydrogen) atoms. The number of methoxy groups -OCH3 is 1. The Hall–Kier alpha value is -2.92. The number of rotatable bonds is 7. The summed E-state index contributed by atoms with van der Waals surface area (Å²) < 4.78 is 5.11. The van der Waals surface area contributed by atoms with Crippen LogP contribution in [0.1, 0.15) is 11.1 Å². The van der Waals surface area contributed by atoms with E-state index in [1.54, 1.807) is 7.11 Å². The van der Waals surface area contributed by atoms with Crippen molar-refractivity contribution in [1.29, 1.82) is 0 Å². The lowest BCUT2D eigenvalue weighted by atomic mass is 10.1. The maximum absolute atomic E-state index is 5.11. The largest absolute Gasteiger partial charge is 0.383 e. The highest BCUT2D eigenvalue weighted by molar-refractivity contribution is 5.67. The summed E-state index contributed by atoms with van der Waals surface area (Å²) in [6, 6.07) is 18.4. The molecule has 0 unspecified atom stereocenters. The van der Waals surface area contributed by atoms with Gasteiger partial charge in [-0.3, -0.25) is 0 Å². The van der Waals surface area contributed by atoms with Crippen molar-refractivity contribution >= 4 is 17.5 Å². The molecule has 3 aromatic rings. The van der Waals surface area contributed by atoms with E-state index in [1.165, 1.54) is 5.56 Å². The molecule has 3 rings (SSSR count). The second kappa shape index (κ2) is 8.45. The molecule has 0 amide bonds. The smallest absolute Gasteiger partial charge is 0.229 e. The van der Waals surface area contributed by atoms with E-state index in [0.717, 1.165) is 28.3 Å². The van der Waals surface area contributed by atoms with E-state index in [4.69, 9.17) is 9.72 Å². The van der Waals surface area contributed by atoms with Crippen molar-refractivity contribution in [2.24, 2.45) is 0 Å². The number of hydrogen-bond donors (Lipinski definition) is 2. The van der Waals surface area contributed by atoms with E-state index in [1.807, 2.05) is 36.4 Å². The Kier molecular flexibility index (Phi) is 5.81. The molecular formula is C21H24N4O. The summed E-state index contributed by atoms with van der Waals surface area (Å²) >= 11 is 0. The van der Waals surface area contributed by atoms with Crippen LogP contribution in [-0.4, -0.2) is 30.2 Å². The second-order valence-corrected chi connectivity index (χ2v) is 6.19. The molecule has 5 heteroatoms. The van der Waals surface area contributed by atoms with Crippen LogP contribution in [0.4, 0.5) is 17.5 Å². The molecule has 0 saturated carbocycles. The van der Waals surface area contributed by atoms with E-state index < -0.39 is 0 Å². The maximum atomic E-state index is 5.11. The van der Waals surface area contributed by atoms with Gasteiger partial charge in [0.2, 0.25) is 5.95 Å². The molecule has 0 radical (unpaired) electrons. The lowest BCUT2D eigenvalue weighted by Gasteiger charge is -2.13. The molecule has 0 atom stereocenters. The number of aryl methyl sites for hydroxylation is 2. The zero-order valence-electron chi connectivity index (χ0n) is 15.4. The third-order valence-electron chi connectivity index (χ3n) is 4.05. The van der Waals surface area contributed by atoms with Gasteiger partial charge in [-0.2, -0.15) is 4.98 Å². The van der Waals surface area contributed by atoms with Gasteiger partial charge < -0.3 is 15.4 Å². The SMILES string of the molecule is COCCNc1cc(-c2ccccc2)nc(Nc2cc(C)ccc2C)n1. The molecule has 1 heterocycles. The number of anilines is 3. The third-order valence-corrected chi connectivity index (χ3v) is 4.05. The highest BCUT2D eigenvalue weighted by atomic mass is 16.5. The minimum atomic E-state index is 0.569. The number of ether oxygens (including phenoxy) is 1. The predicted octanol–water partition coefficient (Wildman–Crippen LogP) is 4.56. The summed E-state index contributed by atoms with van der Waals surface area (Å²) in [5.41, 5.74) is 5.27. The lowest BCUT2D eigenvalue weighted by Crippen LogP contribution is -2.10. The maximum Gasteiger partial charge on any atom is 0.229 e. The fraction of sp³-hybridized carbons (Fsp3) is 0.238. The van der Waals surface area contributed by atoms with E-state index >= 15 is 0 Å². The molecule has 5 nitrogen and oxygen atoms in total. The minimum absolute atomic E-state index is 0.569. The quantitative estimate of drug-likeness (QED) is 0.613. The van der Waals surface area contributed by atoms with Crippen LogP contribution in [0.25, 0.3) is 11.3 Å². The molecular weight excluding hydrogens is 324 g/mol.